The van der Waals surface area contributed by atoms with Crippen LogP contribution in [0.5, 0.6) is 0 Å². The predicted molar refractivity (Wildman–Crippen MR) is 90.8 cm³/mol. The highest BCUT2D eigenvalue weighted by Crippen LogP contribution is 2.28. The van der Waals surface area contributed by atoms with Crippen LogP contribution in [0, 0.1) is 10.8 Å². The van der Waals surface area contributed by atoms with E-state index in [0.717, 1.165) is 0 Å². The lowest BCUT2D eigenvalue weighted by Gasteiger charge is -2.25. The quantitative estimate of drug-likeness (QED) is 0.619. The van der Waals surface area contributed by atoms with Gasteiger partial charge in [-0.3, -0.25) is 0 Å². The van der Waals surface area contributed by atoms with E-state index in [1.54, 1.807) is 5.29 Å². The van der Waals surface area contributed by atoms with Crippen molar-refractivity contribution >= 4 is 18.8 Å². The Bertz CT molecular complexity index is 402. The van der Waals surface area contributed by atoms with Gasteiger partial charge in [0.1, 0.15) is 0 Å². The summed E-state index contributed by atoms with van der Waals surface area (Å²) in [5.74, 6) is 0. The highest BCUT2D eigenvalue weighted by Gasteiger charge is 2.18. The van der Waals surface area contributed by atoms with E-state index < -0.39 is 0 Å². The molecule has 106 valence electrons. The van der Waals surface area contributed by atoms with Crippen LogP contribution >= 0.6 is 8.20 Å². The maximum Gasteiger partial charge on any atom is 0.00174 e. The first-order chi connectivity index (χ1) is 8.68. The summed E-state index contributed by atoms with van der Waals surface area (Å²) in [5, 5.41) is 3.08. The first kappa shape index (κ1) is 16.4. The molecule has 1 heteroatoms. The Morgan fingerprint density at radius 2 is 1.53 bits per heavy atom. The summed E-state index contributed by atoms with van der Waals surface area (Å²) in [7, 11) is 1.41. The molecule has 0 aliphatic heterocycles. The van der Waals surface area contributed by atoms with Gasteiger partial charge >= 0.3 is 0 Å². The van der Waals surface area contributed by atoms with Gasteiger partial charge in [-0.1, -0.05) is 80.1 Å². The van der Waals surface area contributed by atoms with Crippen LogP contribution in [0.25, 0.3) is 0 Å². The van der Waals surface area contributed by atoms with Crippen molar-refractivity contribution < 1.29 is 0 Å². The Morgan fingerprint density at radius 1 is 0.947 bits per heavy atom. The lowest BCUT2D eigenvalue weighted by Crippen LogP contribution is -2.20. The molecule has 0 unspecified atom stereocenters. The van der Waals surface area contributed by atoms with Gasteiger partial charge < -0.3 is 0 Å². The Balaban J connectivity index is 2.77. The molecule has 0 aromatic heterocycles. The third-order valence-corrected chi connectivity index (χ3v) is 4.95. The van der Waals surface area contributed by atoms with E-state index in [-0.39, 0.29) is 0 Å². The summed E-state index contributed by atoms with van der Waals surface area (Å²) in [5.41, 5.74) is 0.752. The van der Waals surface area contributed by atoms with Gasteiger partial charge in [0.15, 0.2) is 0 Å². The summed E-state index contributed by atoms with van der Waals surface area (Å²) in [4.78, 5) is 0. The molecule has 0 heterocycles. The molecular formula is C18H29P. The molecule has 0 radical (unpaired) electrons. The van der Waals surface area contributed by atoms with Gasteiger partial charge in [-0.15, -0.1) is 0 Å². The van der Waals surface area contributed by atoms with Gasteiger partial charge in [0.05, 0.1) is 0 Å². The van der Waals surface area contributed by atoms with Crippen molar-refractivity contribution in [3.8, 4) is 0 Å². The largest absolute Gasteiger partial charge is 0.0688 e. The SMILES string of the molecule is CC(C)(C)CCCC(=Pc1ccccc1)C(C)(C)C. The van der Waals surface area contributed by atoms with E-state index >= 15 is 0 Å². The third-order valence-electron chi connectivity index (χ3n) is 3.23. The summed E-state index contributed by atoms with van der Waals surface area (Å²) in [6.07, 6.45) is 3.85. The fourth-order valence-electron chi connectivity index (χ4n) is 2.04. The molecule has 1 rings (SSSR count). The van der Waals surface area contributed by atoms with E-state index in [0.29, 0.717) is 10.8 Å². The average molecular weight is 276 g/mol. The van der Waals surface area contributed by atoms with Crippen LogP contribution in [0.3, 0.4) is 0 Å². The highest BCUT2D eigenvalue weighted by atomic mass is 31.1. The highest BCUT2D eigenvalue weighted by molar-refractivity contribution is 7.49. The standard InChI is InChI=1S/C18H29P/c1-17(2,3)14-10-13-16(18(4,5)6)19-15-11-8-7-9-12-15/h7-9,11-12H,10,13-14H2,1-6H3. The average Bonchev–Trinajstić information content (AvgIpc) is 2.26. The molecule has 0 saturated heterocycles. The van der Waals surface area contributed by atoms with Gasteiger partial charge in [0.2, 0.25) is 0 Å². The van der Waals surface area contributed by atoms with Crippen molar-refractivity contribution in [3.05, 3.63) is 30.3 Å². The molecule has 1 aromatic rings. The van der Waals surface area contributed by atoms with E-state index in [1.807, 2.05) is 0 Å². The molecule has 1 aromatic carbocycles. The zero-order chi connectivity index (χ0) is 14.5. The maximum absolute atomic E-state index is 2.34. The fraction of sp³-hybridized carbons (Fsp3) is 0.611. The first-order valence-corrected chi connectivity index (χ1v) is 8.21. The minimum Gasteiger partial charge on any atom is -0.0688 e. The maximum atomic E-state index is 2.34. The molecule has 0 aliphatic carbocycles. The van der Waals surface area contributed by atoms with Gasteiger partial charge in [-0.25, -0.2) is 0 Å². The van der Waals surface area contributed by atoms with Crippen molar-refractivity contribution in [2.24, 2.45) is 10.8 Å². The summed E-state index contributed by atoms with van der Waals surface area (Å²) < 4.78 is 0. The van der Waals surface area contributed by atoms with Crippen molar-refractivity contribution in [2.45, 2.75) is 60.8 Å². The molecule has 0 nitrogen and oxygen atoms in total. The summed E-state index contributed by atoms with van der Waals surface area (Å²) in [6, 6.07) is 10.8. The zero-order valence-electron chi connectivity index (χ0n) is 13.5. The molecular weight excluding hydrogens is 247 g/mol. The Hall–Kier alpha value is -0.610. The number of rotatable bonds is 4. The van der Waals surface area contributed by atoms with E-state index in [4.69, 9.17) is 0 Å². The Morgan fingerprint density at radius 3 is 2.00 bits per heavy atom. The van der Waals surface area contributed by atoms with Crippen LogP contribution < -0.4 is 5.30 Å². The molecule has 0 atom stereocenters. The first-order valence-electron chi connectivity index (χ1n) is 7.32. The molecule has 0 amide bonds. The second kappa shape index (κ2) is 6.71. The van der Waals surface area contributed by atoms with Crippen LogP contribution in [-0.2, 0) is 0 Å². The monoisotopic (exact) mass is 276 g/mol. The zero-order valence-corrected chi connectivity index (χ0v) is 14.3. The molecule has 0 spiro atoms. The van der Waals surface area contributed by atoms with Gasteiger partial charge in [0, 0.05) is 5.30 Å². The smallest absolute Gasteiger partial charge is 0.00174 e. The minimum atomic E-state index is 0.301. The number of benzene rings is 1. The lowest BCUT2D eigenvalue weighted by atomic mass is 9.85. The molecule has 0 aliphatic rings. The van der Waals surface area contributed by atoms with Crippen molar-refractivity contribution in [2.75, 3.05) is 0 Å². The lowest BCUT2D eigenvalue weighted by molar-refractivity contribution is 0.367. The van der Waals surface area contributed by atoms with Crippen molar-refractivity contribution in [1.29, 1.82) is 0 Å². The van der Waals surface area contributed by atoms with Gasteiger partial charge in [-0.05, 0) is 35.4 Å². The van der Waals surface area contributed by atoms with E-state index in [9.17, 15) is 0 Å². The van der Waals surface area contributed by atoms with Gasteiger partial charge in [-0.2, -0.15) is 0 Å². The Labute approximate surface area is 121 Å². The van der Waals surface area contributed by atoms with E-state index in [2.05, 4.69) is 71.9 Å². The number of hydrogen-bond acceptors (Lipinski definition) is 0. The number of hydrogen-bond donors (Lipinski definition) is 0. The molecule has 0 bridgehead atoms. The van der Waals surface area contributed by atoms with E-state index in [1.165, 1.54) is 32.8 Å². The molecule has 0 N–H and O–H groups in total. The fourth-order valence-corrected chi connectivity index (χ4v) is 3.28. The van der Waals surface area contributed by atoms with Crippen LogP contribution in [0.1, 0.15) is 60.8 Å². The van der Waals surface area contributed by atoms with Crippen LogP contribution in [0.15, 0.2) is 30.3 Å². The molecule has 0 fully saturated rings. The third kappa shape index (κ3) is 6.92. The molecule has 0 saturated carbocycles. The van der Waals surface area contributed by atoms with Crippen LogP contribution in [0.2, 0.25) is 0 Å². The predicted octanol–water partition coefficient (Wildman–Crippen LogP) is 5.69. The van der Waals surface area contributed by atoms with Crippen LogP contribution in [0.4, 0.5) is 0 Å². The van der Waals surface area contributed by atoms with Crippen LogP contribution in [-0.4, -0.2) is 5.29 Å². The molecule has 19 heavy (non-hydrogen) atoms. The van der Waals surface area contributed by atoms with Crippen molar-refractivity contribution in [3.63, 3.8) is 0 Å². The topological polar surface area (TPSA) is 0 Å². The Kier molecular flexibility index (Phi) is 5.81. The summed E-state index contributed by atoms with van der Waals surface area (Å²) >= 11 is 0. The normalized spacial score (nSPS) is 13.7. The summed E-state index contributed by atoms with van der Waals surface area (Å²) in [6.45, 7) is 14.0. The van der Waals surface area contributed by atoms with Crippen molar-refractivity contribution in [1.82, 2.24) is 0 Å². The second-order valence-corrected chi connectivity index (χ2v) is 8.84. The second-order valence-electron chi connectivity index (χ2n) is 7.56. The minimum absolute atomic E-state index is 0.301. The van der Waals surface area contributed by atoms with Gasteiger partial charge in [0.25, 0.3) is 0 Å².